The van der Waals surface area contributed by atoms with E-state index in [9.17, 15) is 18.0 Å². The third kappa shape index (κ3) is 5.06. The van der Waals surface area contributed by atoms with Crippen LogP contribution in [0, 0.1) is 0 Å². The Morgan fingerprint density at radius 1 is 1.24 bits per heavy atom. The van der Waals surface area contributed by atoms with Crippen molar-refractivity contribution < 1.29 is 23.0 Å². The summed E-state index contributed by atoms with van der Waals surface area (Å²) in [5.74, 6) is -0.242. The quantitative estimate of drug-likeness (QED) is 0.282. The number of aliphatic hydroxyl groups excluding tert-OH is 1. The molecule has 0 saturated carbocycles. The van der Waals surface area contributed by atoms with Crippen molar-refractivity contribution in [3.05, 3.63) is 43.2 Å². The maximum Gasteiger partial charge on any atom is 0.253 e. The minimum absolute atomic E-state index is 0.0617. The number of methoxy groups -OCH3 is 1. The zero-order valence-corrected chi connectivity index (χ0v) is 17.4. The highest BCUT2D eigenvalue weighted by molar-refractivity contribution is 7.89. The number of rotatable bonds is 11. The first kappa shape index (κ1) is 23.1. The van der Waals surface area contributed by atoms with Crippen molar-refractivity contribution in [1.82, 2.24) is 0 Å². The molecule has 0 saturated heterocycles. The molecule has 2 rings (SSSR count). The lowest BCUT2D eigenvalue weighted by atomic mass is 10.1. The number of ether oxygens (including phenoxy) is 2. The molecule has 1 atom stereocenters. The molecule has 0 aromatic heterocycles. The summed E-state index contributed by atoms with van der Waals surface area (Å²) in [7, 11) is -2.72. The van der Waals surface area contributed by atoms with Gasteiger partial charge in [-0.15, -0.1) is 0 Å². The fraction of sp³-hybridized carbons (Fsp3) is 0.412. The van der Waals surface area contributed by atoms with Crippen molar-refractivity contribution in [3.8, 4) is 5.75 Å². The molecule has 2 aromatic carbocycles. The van der Waals surface area contributed by atoms with Crippen LogP contribution in [0.4, 0.5) is 11.4 Å². The second-order valence-corrected chi connectivity index (χ2v) is 8.06. The summed E-state index contributed by atoms with van der Waals surface area (Å²) in [5, 5.41) is 19.9. The molecule has 0 spiro atoms. The van der Waals surface area contributed by atoms with Crippen molar-refractivity contribution in [2.45, 2.75) is 30.8 Å². The number of hydrogen-bond acceptors (Lipinski definition) is 9. The van der Waals surface area contributed by atoms with E-state index in [1.165, 1.54) is 19.2 Å². The lowest BCUT2D eigenvalue weighted by molar-refractivity contribution is 0.0948. The molecule has 5 N–H and O–H groups in total. The van der Waals surface area contributed by atoms with Crippen molar-refractivity contribution in [3.63, 3.8) is 0 Å². The van der Waals surface area contributed by atoms with Crippen LogP contribution >= 0.6 is 11.6 Å². The predicted molar refractivity (Wildman–Crippen MR) is 109 cm³/mol. The van der Waals surface area contributed by atoms with Crippen LogP contribution in [0.1, 0.15) is 18.9 Å². The van der Waals surface area contributed by atoms with Crippen LogP contribution in [0.3, 0.4) is 0 Å². The van der Waals surface area contributed by atoms with Crippen LogP contribution < -0.4 is 31.4 Å². The predicted octanol–water partition coefficient (Wildman–Crippen LogP) is 0.361. The highest BCUT2D eigenvalue weighted by Gasteiger charge is 2.26. The third-order valence-electron chi connectivity index (χ3n) is 4.21. The summed E-state index contributed by atoms with van der Waals surface area (Å²) in [5.41, 5.74) is -0.911. The summed E-state index contributed by atoms with van der Waals surface area (Å²) < 4.78 is 33.8. The van der Waals surface area contributed by atoms with E-state index in [0.717, 1.165) is 0 Å². The monoisotopic (exact) mass is 447 g/mol. The molecule has 0 bridgehead atoms. The molecule has 0 aliphatic heterocycles. The van der Waals surface area contributed by atoms with Gasteiger partial charge in [0.25, 0.3) is 10.9 Å². The van der Waals surface area contributed by atoms with E-state index in [2.05, 4.69) is 10.6 Å². The summed E-state index contributed by atoms with van der Waals surface area (Å²) in [6, 6.07) is 2.59. The summed E-state index contributed by atoms with van der Waals surface area (Å²) in [4.78, 5) is 23.4. The number of primary sulfonamides is 1. The van der Waals surface area contributed by atoms with Crippen molar-refractivity contribution >= 4 is 33.0 Å². The Morgan fingerprint density at radius 3 is 2.45 bits per heavy atom. The Kier molecular flexibility index (Phi) is 7.60. The number of anilines is 2. The van der Waals surface area contributed by atoms with Gasteiger partial charge in [0.1, 0.15) is 22.0 Å². The zero-order valence-electron chi connectivity index (χ0n) is 15.8. The number of benzene rings is 1. The average molecular weight is 448 g/mol. The molecule has 0 amide bonds. The molecule has 2 aromatic rings. The number of hydrogen-bond donors (Lipinski definition) is 4. The number of halogens is 1. The maximum absolute atomic E-state index is 12.0. The van der Waals surface area contributed by atoms with Gasteiger partial charge in [0.05, 0.1) is 11.6 Å². The Labute approximate surface area is 172 Å². The standard InChI is InChI=1S/C17H22ClN3O7S/c1-3-10(7-27-2)21-13-12(14(23)15(13)24)20-6-9-4-5-11(18)17(29(19,25)26)16(9)28-8-22/h4-5,10,20-22H,3,6-8H2,1-2H3,(H2,19,25,26). The van der Waals surface area contributed by atoms with E-state index < -0.39 is 32.6 Å². The van der Waals surface area contributed by atoms with E-state index in [1.807, 2.05) is 6.92 Å². The van der Waals surface area contributed by atoms with Gasteiger partial charge >= 0.3 is 0 Å². The van der Waals surface area contributed by atoms with E-state index >= 15 is 0 Å². The molecule has 10 nitrogen and oxygen atoms in total. The van der Waals surface area contributed by atoms with Crippen LogP contribution in [-0.4, -0.2) is 40.1 Å². The van der Waals surface area contributed by atoms with Crippen molar-refractivity contribution in [1.29, 1.82) is 0 Å². The van der Waals surface area contributed by atoms with Crippen LogP contribution in [0.2, 0.25) is 5.02 Å². The first-order valence-electron chi connectivity index (χ1n) is 8.56. The second kappa shape index (κ2) is 9.55. The van der Waals surface area contributed by atoms with Crippen molar-refractivity contribution in [2.75, 3.05) is 31.1 Å². The molecule has 0 aliphatic carbocycles. The van der Waals surface area contributed by atoms with E-state index in [1.54, 1.807) is 0 Å². The summed E-state index contributed by atoms with van der Waals surface area (Å²) >= 11 is 5.92. The van der Waals surface area contributed by atoms with Gasteiger partial charge in [-0.05, 0) is 12.5 Å². The van der Waals surface area contributed by atoms with Crippen LogP contribution in [0.15, 0.2) is 26.6 Å². The summed E-state index contributed by atoms with van der Waals surface area (Å²) in [6.07, 6.45) is 0.662. The van der Waals surface area contributed by atoms with Gasteiger partial charge in [-0.25, -0.2) is 13.6 Å². The third-order valence-corrected chi connectivity index (χ3v) is 5.62. The molecule has 0 aliphatic rings. The van der Waals surface area contributed by atoms with Gasteiger partial charge in [-0.1, -0.05) is 24.6 Å². The molecule has 12 heteroatoms. The fourth-order valence-corrected chi connectivity index (χ4v) is 4.01. The molecular weight excluding hydrogens is 426 g/mol. The molecule has 0 fully saturated rings. The molecule has 1 unspecified atom stereocenters. The van der Waals surface area contributed by atoms with E-state index in [-0.39, 0.29) is 40.3 Å². The molecule has 29 heavy (non-hydrogen) atoms. The lowest BCUT2D eigenvalue weighted by Gasteiger charge is -2.21. The number of sulfonamides is 1. The van der Waals surface area contributed by atoms with Gasteiger partial charge < -0.3 is 25.2 Å². The average Bonchev–Trinajstić information content (AvgIpc) is 2.66. The Balaban J connectivity index is 2.33. The number of nitrogens with one attached hydrogen (secondary N) is 2. The van der Waals surface area contributed by atoms with E-state index in [0.29, 0.717) is 13.0 Å². The van der Waals surface area contributed by atoms with Gasteiger partial charge in [-0.3, -0.25) is 9.59 Å². The van der Waals surface area contributed by atoms with E-state index in [4.69, 9.17) is 31.3 Å². The van der Waals surface area contributed by atoms with Crippen LogP contribution in [0.25, 0.3) is 0 Å². The largest absolute Gasteiger partial charge is 0.466 e. The fourth-order valence-electron chi connectivity index (χ4n) is 2.76. The molecule has 160 valence electrons. The second-order valence-electron chi connectivity index (χ2n) is 6.15. The minimum atomic E-state index is -4.25. The van der Waals surface area contributed by atoms with Gasteiger partial charge in [0.15, 0.2) is 6.79 Å². The Morgan fingerprint density at radius 2 is 1.90 bits per heavy atom. The Bertz CT molecular complexity index is 1050. The maximum atomic E-state index is 12.0. The number of nitrogens with two attached hydrogens (primary N) is 1. The van der Waals surface area contributed by atoms with Crippen LogP contribution in [0.5, 0.6) is 5.75 Å². The normalized spacial score (nSPS) is 12.7. The van der Waals surface area contributed by atoms with Crippen LogP contribution in [-0.2, 0) is 21.3 Å². The smallest absolute Gasteiger partial charge is 0.253 e. The first-order chi connectivity index (χ1) is 13.6. The first-order valence-corrected chi connectivity index (χ1v) is 10.5. The summed E-state index contributed by atoms with van der Waals surface area (Å²) in [6.45, 7) is 1.34. The lowest BCUT2D eigenvalue weighted by Crippen LogP contribution is -2.40. The molecule has 0 radical (unpaired) electrons. The van der Waals surface area contributed by atoms with Gasteiger partial charge in [0.2, 0.25) is 10.0 Å². The molecular formula is C17H22ClN3O7S. The highest BCUT2D eigenvalue weighted by Crippen LogP contribution is 2.34. The van der Waals surface area contributed by atoms with Gasteiger partial charge in [-0.2, -0.15) is 0 Å². The minimum Gasteiger partial charge on any atom is -0.466 e. The molecule has 0 heterocycles. The highest BCUT2D eigenvalue weighted by atomic mass is 35.5. The topological polar surface area (TPSA) is 157 Å². The Hall–Kier alpha value is -2.18. The number of aliphatic hydroxyl groups is 1. The SMILES string of the molecule is CCC(COC)Nc1c(NCc2ccc(Cl)c(S(N)(=O)=O)c2OCO)c(=O)c1=O. The van der Waals surface area contributed by atoms with Gasteiger partial charge in [0, 0.05) is 25.3 Å². The zero-order chi connectivity index (χ0) is 21.8. The van der Waals surface area contributed by atoms with Crippen molar-refractivity contribution in [2.24, 2.45) is 5.14 Å².